The molecule has 0 unspecified atom stereocenters. The van der Waals surface area contributed by atoms with Crippen LogP contribution in [0.25, 0.3) is 82.4 Å². The summed E-state index contributed by atoms with van der Waals surface area (Å²) in [5.41, 5.74) is 15.5. The lowest BCUT2D eigenvalue weighted by Gasteiger charge is -2.34. The van der Waals surface area contributed by atoms with Crippen molar-refractivity contribution in [3.63, 3.8) is 0 Å². The zero-order chi connectivity index (χ0) is 39.1. The summed E-state index contributed by atoms with van der Waals surface area (Å²) in [5, 5.41) is 7.57. The Kier molecular flexibility index (Phi) is 7.67. The average Bonchev–Trinajstić information content (AvgIpc) is 3.80. The Hall–Kier alpha value is -7.00. The van der Waals surface area contributed by atoms with Crippen LogP contribution in [0.3, 0.4) is 0 Å². The molecule has 1 heterocycles. The molecule has 0 radical (unpaired) electrons. The molecule has 0 N–H and O–H groups in total. The van der Waals surface area contributed by atoms with E-state index in [2.05, 4.69) is 239 Å². The number of aromatic nitrogens is 1. The Morgan fingerprint density at radius 3 is 1.73 bits per heavy atom. The topological polar surface area (TPSA) is 4.93 Å². The summed E-state index contributed by atoms with van der Waals surface area (Å²) < 4.78 is 3.61. The molecule has 0 saturated heterocycles. The Balaban J connectivity index is 1.15. The smallest absolute Gasteiger partial charge is 0.0714 e. The average molecular weight is 815 g/mol. The van der Waals surface area contributed by atoms with E-state index in [1.54, 1.807) is 0 Å². The molecule has 0 amide bonds. The summed E-state index contributed by atoms with van der Waals surface area (Å²) in [6.07, 6.45) is 0. The van der Waals surface area contributed by atoms with Crippen LogP contribution in [0.5, 0.6) is 0 Å². The van der Waals surface area contributed by atoms with Crippen molar-refractivity contribution in [3.8, 4) is 39.1 Å². The third-order valence-corrected chi connectivity index (χ3v) is 13.4. The zero-order valence-corrected chi connectivity index (χ0v) is 33.7. The summed E-state index contributed by atoms with van der Waals surface area (Å²) in [7, 11) is 0. The van der Waals surface area contributed by atoms with E-state index in [0.29, 0.717) is 0 Å². The van der Waals surface area contributed by atoms with Crippen LogP contribution >= 0.6 is 15.9 Å². The Labute approximate surface area is 351 Å². The van der Waals surface area contributed by atoms with Gasteiger partial charge in [0.1, 0.15) is 0 Å². The molecular weight excluding hydrogens is 779 g/mol. The predicted molar refractivity (Wildman–Crippen MR) is 252 cm³/mol. The first kappa shape index (κ1) is 34.1. The number of nitrogens with zero attached hydrogens (tertiary/aromatic N) is 1. The number of benzene rings is 10. The van der Waals surface area contributed by atoms with E-state index in [4.69, 9.17) is 0 Å². The van der Waals surface area contributed by atoms with Gasteiger partial charge in [-0.25, -0.2) is 0 Å². The van der Waals surface area contributed by atoms with Gasteiger partial charge in [-0.15, -0.1) is 0 Å². The van der Waals surface area contributed by atoms with Crippen molar-refractivity contribution in [2.45, 2.75) is 5.41 Å². The molecule has 12 rings (SSSR count). The fraction of sp³-hybridized carbons (Fsp3) is 0.0175. The van der Waals surface area contributed by atoms with Gasteiger partial charge >= 0.3 is 0 Å². The summed E-state index contributed by atoms with van der Waals surface area (Å²) >= 11 is 3.76. The highest BCUT2D eigenvalue weighted by Gasteiger charge is 2.47. The molecule has 1 aliphatic carbocycles. The van der Waals surface area contributed by atoms with Gasteiger partial charge in [0, 0.05) is 20.9 Å². The van der Waals surface area contributed by atoms with Crippen LogP contribution in [-0.2, 0) is 5.41 Å². The molecule has 0 aliphatic heterocycles. The van der Waals surface area contributed by atoms with Crippen molar-refractivity contribution in [2.24, 2.45) is 0 Å². The van der Waals surface area contributed by atoms with Crippen molar-refractivity contribution < 1.29 is 0 Å². The van der Waals surface area contributed by atoms with E-state index in [1.165, 1.54) is 99.0 Å². The first-order valence-electron chi connectivity index (χ1n) is 20.3. The van der Waals surface area contributed by atoms with Crippen LogP contribution in [0.2, 0.25) is 0 Å². The molecular formula is C57H36BrN. The summed E-state index contributed by atoms with van der Waals surface area (Å²) in [5.74, 6) is 0. The van der Waals surface area contributed by atoms with Crippen molar-refractivity contribution >= 4 is 59.3 Å². The SMILES string of the molecule is Brc1ccccc1-c1ccc(-c2ccc3c4c5ccccc5ccc4n(-c4ccc5c(c4)C(c4ccccc4)(c4ccccc4)c4ccc6ccccc6c4-5)c3c2)cc1. The number of rotatable bonds is 5. The molecule has 276 valence electrons. The number of halogens is 1. The lowest BCUT2D eigenvalue weighted by Crippen LogP contribution is -2.28. The standard InChI is InChI=1S/C57H36BrN/c58-52-22-12-11-19-45(52)40-25-23-37(24-26-40)41-27-31-49-54(35-41)59(53-34-29-39-14-8-10-21-47(39)56(49)53)44-30-32-48-51(36-44)57(42-15-3-1-4-16-42,43-17-5-2-6-18-43)50-33-28-38-13-7-9-20-46(38)55(48)50/h1-36H. The minimum Gasteiger partial charge on any atom is -0.309 e. The van der Waals surface area contributed by atoms with E-state index in [1.807, 2.05) is 0 Å². The molecule has 0 spiro atoms. The summed E-state index contributed by atoms with van der Waals surface area (Å²) in [4.78, 5) is 0. The second kappa shape index (κ2) is 13.3. The van der Waals surface area contributed by atoms with Crippen LogP contribution in [0, 0.1) is 0 Å². The quantitative estimate of drug-likeness (QED) is 0.163. The monoisotopic (exact) mass is 813 g/mol. The van der Waals surface area contributed by atoms with Crippen molar-refractivity contribution in [3.05, 3.63) is 245 Å². The normalized spacial score (nSPS) is 13.0. The van der Waals surface area contributed by atoms with Crippen molar-refractivity contribution in [1.82, 2.24) is 4.57 Å². The Morgan fingerprint density at radius 2 is 0.983 bits per heavy atom. The van der Waals surface area contributed by atoms with Crippen LogP contribution in [0.15, 0.2) is 223 Å². The first-order valence-corrected chi connectivity index (χ1v) is 21.1. The highest BCUT2D eigenvalue weighted by Crippen LogP contribution is 2.58. The van der Waals surface area contributed by atoms with E-state index < -0.39 is 5.41 Å². The molecule has 11 aromatic rings. The lowest BCUT2D eigenvalue weighted by atomic mass is 9.67. The van der Waals surface area contributed by atoms with Gasteiger partial charge in [-0.3, -0.25) is 0 Å². The van der Waals surface area contributed by atoms with Gasteiger partial charge in [0.05, 0.1) is 16.4 Å². The highest BCUT2D eigenvalue weighted by atomic mass is 79.9. The molecule has 0 bridgehead atoms. The predicted octanol–water partition coefficient (Wildman–Crippen LogP) is 15.5. The molecule has 2 heteroatoms. The number of fused-ring (bicyclic) bond motifs is 10. The fourth-order valence-corrected chi connectivity index (χ4v) is 10.7. The molecule has 10 aromatic carbocycles. The van der Waals surface area contributed by atoms with E-state index in [-0.39, 0.29) is 0 Å². The van der Waals surface area contributed by atoms with Crippen molar-refractivity contribution in [1.29, 1.82) is 0 Å². The maximum absolute atomic E-state index is 3.76. The summed E-state index contributed by atoms with van der Waals surface area (Å²) in [6, 6.07) is 80.9. The lowest BCUT2D eigenvalue weighted by molar-refractivity contribution is 0.768. The minimum absolute atomic E-state index is 0.528. The van der Waals surface area contributed by atoms with E-state index >= 15 is 0 Å². The third-order valence-electron chi connectivity index (χ3n) is 12.7. The van der Waals surface area contributed by atoms with E-state index in [9.17, 15) is 0 Å². The highest BCUT2D eigenvalue weighted by molar-refractivity contribution is 9.10. The first-order chi connectivity index (χ1) is 29.2. The molecule has 59 heavy (non-hydrogen) atoms. The van der Waals surface area contributed by atoms with Gasteiger partial charge in [-0.1, -0.05) is 204 Å². The number of hydrogen-bond donors (Lipinski definition) is 0. The van der Waals surface area contributed by atoms with Gasteiger partial charge in [-0.05, 0) is 108 Å². The molecule has 0 fully saturated rings. The van der Waals surface area contributed by atoms with Crippen LogP contribution in [-0.4, -0.2) is 4.57 Å². The van der Waals surface area contributed by atoms with Gasteiger partial charge in [-0.2, -0.15) is 0 Å². The van der Waals surface area contributed by atoms with Crippen molar-refractivity contribution in [2.75, 3.05) is 0 Å². The van der Waals surface area contributed by atoms with Crippen LogP contribution in [0.1, 0.15) is 22.3 Å². The Bertz CT molecular complexity index is 3390. The van der Waals surface area contributed by atoms with Crippen LogP contribution in [0.4, 0.5) is 0 Å². The van der Waals surface area contributed by atoms with Gasteiger partial charge in [0.25, 0.3) is 0 Å². The third kappa shape index (κ3) is 5.03. The fourth-order valence-electron chi connectivity index (χ4n) is 10.2. The second-order valence-electron chi connectivity index (χ2n) is 15.7. The molecule has 0 atom stereocenters. The summed E-state index contributed by atoms with van der Waals surface area (Å²) in [6.45, 7) is 0. The van der Waals surface area contributed by atoms with Gasteiger partial charge in [0.15, 0.2) is 0 Å². The molecule has 1 aromatic heterocycles. The molecule has 1 aliphatic rings. The number of hydrogen-bond acceptors (Lipinski definition) is 0. The minimum atomic E-state index is -0.528. The second-order valence-corrected chi connectivity index (χ2v) is 16.6. The van der Waals surface area contributed by atoms with E-state index in [0.717, 1.165) is 10.2 Å². The van der Waals surface area contributed by atoms with Gasteiger partial charge < -0.3 is 4.57 Å². The largest absolute Gasteiger partial charge is 0.309 e. The van der Waals surface area contributed by atoms with Gasteiger partial charge in [0.2, 0.25) is 0 Å². The Morgan fingerprint density at radius 1 is 0.373 bits per heavy atom. The maximum atomic E-state index is 3.76. The maximum Gasteiger partial charge on any atom is 0.0714 e. The zero-order valence-electron chi connectivity index (χ0n) is 32.1. The van der Waals surface area contributed by atoms with Crippen LogP contribution < -0.4 is 0 Å². The molecule has 1 nitrogen and oxygen atoms in total. The molecule has 0 saturated carbocycles.